The van der Waals surface area contributed by atoms with Crippen molar-refractivity contribution < 1.29 is 9.53 Å². The Hall–Kier alpha value is -1.97. The number of carbonyl (C=O) groups excluding carboxylic acids is 1. The van der Waals surface area contributed by atoms with E-state index in [0.29, 0.717) is 17.8 Å². The maximum Gasteiger partial charge on any atom is 0.270 e. The average molecular weight is 286 g/mol. The van der Waals surface area contributed by atoms with Crippen molar-refractivity contribution in [3.63, 3.8) is 0 Å². The number of fused-ring (bicyclic) bond motifs is 1. The van der Waals surface area contributed by atoms with Crippen LogP contribution in [0, 0.1) is 0 Å². The predicted octanol–water partition coefficient (Wildman–Crippen LogP) is 3.58. The van der Waals surface area contributed by atoms with Gasteiger partial charge in [-0.1, -0.05) is 0 Å². The second-order valence-electron chi connectivity index (χ2n) is 5.98. The van der Waals surface area contributed by atoms with Gasteiger partial charge in [-0.2, -0.15) is 0 Å². The number of hydrogen-bond acceptors (Lipinski definition) is 2. The SMILES string of the molecule is COc1ccc2[nH]c(C(=O)N3C(C)CCCC3C)cc2c1. The van der Waals surface area contributed by atoms with E-state index >= 15 is 0 Å². The Labute approximate surface area is 125 Å². The third-order valence-electron chi connectivity index (χ3n) is 4.49. The summed E-state index contributed by atoms with van der Waals surface area (Å²) in [5.41, 5.74) is 1.63. The molecule has 21 heavy (non-hydrogen) atoms. The Morgan fingerprint density at radius 1 is 1.24 bits per heavy atom. The maximum atomic E-state index is 12.8. The molecular formula is C17H22N2O2. The largest absolute Gasteiger partial charge is 0.497 e. The molecule has 1 N–H and O–H groups in total. The van der Waals surface area contributed by atoms with Gasteiger partial charge in [-0.05, 0) is 57.4 Å². The zero-order valence-electron chi connectivity index (χ0n) is 12.8. The van der Waals surface area contributed by atoms with Gasteiger partial charge in [0.05, 0.1) is 7.11 Å². The van der Waals surface area contributed by atoms with Crippen molar-refractivity contribution in [2.45, 2.75) is 45.2 Å². The van der Waals surface area contributed by atoms with Crippen molar-refractivity contribution >= 4 is 16.8 Å². The van der Waals surface area contributed by atoms with Gasteiger partial charge in [0.15, 0.2) is 0 Å². The normalized spacial score (nSPS) is 22.5. The summed E-state index contributed by atoms with van der Waals surface area (Å²) in [6, 6.07) is 8.34. The summed E-state index contributed by atoms with van der Waals surface area (Å²) >= 11 is 0. The lowest BCUT2D eigenvalue weighted by atomic mass is 9.97. The fraction of sp³-hybridized carbons (Fsp3) is 0.471. The molecule has 3 rings (SSSR count). The van der Waals surface area contributed by atoms with Crippen molar-refractivity contribution in [1.82, 2.24) is 9.88 Å². The molecule has 2 heterocycles. The summed E-state index contributed by atoms with van der Waals surface area (Å²) in [5, 5.41) is 1.01. The first kappa shape index (κ1) is 14.0. The van der Waals surface area contributed by atoms with Crippen molar-refractivity contribution in [3.05, 3.63) is 30.0 Å². The third kappa shape index (κ3) is 2.50. The highest BCUT2D eigenvalue weighted by Gasteiger charge is 2.30. The van der Waals surface area contributed by atoms with E-state index in [0.717, 1.165) is 29.5 Å². The number of aromatic amines is 1. The van der Waals surface area contributed by atoms with Gasteiger partial charge in [0.1, 0.15) is 11.4 Å². The number of nitrogens with one attached hydrogen (secondary N) is 1. The smallest absolute Gasteiger partial charge is 0.270 e. The number of rotatable bonds is 2. The lowest BCUT2D eigenvalue weighted by Crippen LogP contribution is -2.47. The molecule has 1 fully saturated rings. The Kier molecular flexibility index (Phi) is 3.62. The molecule has 2 atom stereocenters. The van der Waals surface area contributed by atoms with Crippen molar-refractivity contribution in [2.75, 3.05) is 7.11 Å². The molecule has 2 unspecified atom stereocenters. The molecule has 112 valence electrons. The lowest BCUT2D eigenvalue weighted by Gasteiger charge is -2.38. The van der Waals surface area contributed by atoms with Crippen LogP contribution in [0.15, 0.2) is 24.3 Å². The van der Waals surface area contributed by atoms with Crippen LogP contribution in [0.1, 0.15) is 43.6 Å². The summed E-state index contributed by atoms with van der Waals surface area (Å²) in [5.74, 6) is 0.907. The molecule has 0 radical (unpaired) electrons. The first-order chi connectivity index (χ1) is 10.1. The van der Waals surface area contributed by atoms with Gasteiger partial charge in [-0.3, -0.25) is 4.79 Å². The second kappa shape index (κ2) is 5.43. The van der Waals surface area contributed by atoms with Crippen LogP contribution in [0.3, 0.4) is 0 Å². The van der Waals surface area contributed by atoms with E-state index in [4.69, 9.17) is 4.74 Å². The summed E-state index contributed by atoms with van der Waals surface area (Å²) in [7, 11) is 1.65. The molecule has 1 amide bonds. The number of ether oxygens (including phenoxy) is 1. The molecule has 4 nitrogen and oxygen atoms in total. The molecule has 0 spiro atoms. The van der Waals surface area contributed by atoms with Crippen LogP contribution in [0.4, 0.5) is 0 Å². The highest BCUT2D eigenvalue weighted by atomic mass is 16.5. The van der Waals surface area contributed by atoms with Crippen LogP contribution in [-0.4, -0.2) is 35.0 Å². The predicted molar refractivity (Wildman–Crippen MR) is 83.8 cm³/mol. The minimum atomic E-state index is 0.102. The molecule has 1 aromatic carbocycles. The molecule has 4 heteroatoms. The molecule has 1 aliphatic heterocycles. The fourth-order valence-electron chi connectivity index (χ4n) is 3.31. The van der Waals surface area contributed by atoms with Crippen LogP contribution in [-0.2, 0) is 0 Å². The average Bonchev–Trinajstić information content (AvgIpc) is 2.89. The summed E-state index contributed by atoms with van der Waals surface area (Å²) in [4.78, 5) is 18.1. The van der Waals surface area contributed by atoms with Gasteiger partial charge in [0, 0.05) is 23.0 Å². The Morgan fingerprint density at radius 2 is 1.95 bits per heavy atom. The number of carbonyl (C=O) groups is 1. The van der Waals surface area contributed by atoms with Crippen LogP contribution in [0.5, 0.6) is 5.75 Å². The number of H-pyrrole nitrogens is 1. The Morgan fingerprint density at radius 3 is 2.62 bits per heavy atom. The Balaban J connectivity index is 1.93. The van der Waals surface area contributed by atoms with E-state index in [2.05, 4.69) is 18.8 Å². The highest BCUT2D eigenvalue weighted by Crippen LogP contribution is 2.27. The molecule has 1 aromatic heterocycles. The van der Waals surface area contributed by atoms with E-state index in [-0.39, 0.29) is 5.91 Å². The number of piperidine rings is 1. The summed E-state index contributed by atoms with van der Waals surface area (Å²) < 4.78 is 5.23. The minimum absolute atomic E-state index is 0.102. The standard InChI is InChI=1S/C17H22N2O2/c1-11-5-4-6-12(2)19(11)17(20)16-10-13-9-14(21-3)7-8-15(13)18-16/h7-12,18H,4-6H2,1-3H3. The zero-order valence-corrected chi connectivity index (χ0v) is 12.8. The Bertz CT molecular complexity index is 652. The van der Waals surface area contributed by atoms with Gasteiger partial charge in [-0.25, -0.2) is 0 Å². The lowest BCUT2D eigenvalue weighted by molar-refractivity contribution is 0.0505. The molecular weight excluding hydrogens is 264 g/mol. The van der Waals surface area contributed by atoms with Crippen molar-refractivity contribution in [2.24, 2.45) is 0 Å². The maximum absolute atomic E-state index is 12.8. The number of methoxy groups -OCH3 is 1. The van der Waals surface area contributed by atoms with E-state index in [1.807, 2.05) is 29.2 Å². The molecule has 0 aliphatic carbocycles. The number of hydrogen-bond donors (Lipinski definition) is 1. The first-order valence-corrected chi connectivity index (χ1v) is 7.59. The van der Waals surface area contributed by atoms with Gasteiger partial charge >= 0.3 is 0 Å². The summed E-state index contributed by atoms with van der Waals surface area (Å²) in [6.07, 6.45) is 3.38. The monoisotopic (exact) mass is 286 g/mol. The number of likely N-dealkylation sites (tertiary alicyclic amines) is 1. The van der Waals surface area contributed by atoms with Gasteiger partial charge in [-0.15, -0.1) is 0 Å². The van der Waals surface area contributed by atoms with Crippen LogP contribution in [0.2, 0.25) is 0 Å². The minimum Gasteiger partial charge on any atom is -0.497 e. The number of benzene rings is 1. The second-order valence-corrected chi connectivity index (χ2v) is 5.98. The number of amides is 1. The van der Waals surface area contributed by atoms with Gasteiger partial charge in [0.25, 0.3) is 5.91 Å². The fourth-order valence-corrected chi connectivity index (χ4v) is 3.31. The molecule has 2 aromatic rings. The van der Waals surface area contributed by atoms with E-state index in [1.54, 1.807) is 7.11 Å². The molecule has 0 bridgehead atoms. The van der Waals surface area contributed by atoms with Gasteiger partial charge < -0.3 is 14.6 Å². The van der Waals surface area contributed by atoms with Crippen LogP contribution < -0.4 is 4.74 Å². The van der Waals surface area contributed by atoms with Crippen LogP contribution in [0.25, 0.3) is 10.9 Å². The van der Waals surface area contributed by atoms with Crippen LogP contribution >= 0.6 is 0 Å². The topological polar surface area (TPSA) is 45.3 Å². The van der Waals surface area contributed by atoms with E-state index in [1.165, 1.54) is 6.42 Å². The molecule has 1 saturated heterocycles. The third-order valence-corrected chi connectivity index (χ3v) is 4.49. The molecule has 0 saturated carbocycles. The molecule has 1 aliphatic rings. The first-order valence-electron chi connectivity index (χ1n) is 7.59. The highest BCUT2D eigenvalue weighted by molar-refractivity contribution is 5.98. The summed E-state index contributed by atoms with van der Waals surface area (Å²) in [6.45, 7) is 4.28. The van der Waals surface area contributed by atoms with E-state index < -0.39 is 0 Å². The van der Waals surface area contributed by atoms with Crippen molar-refractivity contribution in [1.29, 1.82) is 0 Å². The van der Waals surface area contributed by atoms with E-state index in [9.17, 15) is 4.79 Å². The van der Waals surface area contributed by atoms with Gasteiger partial charge in [0.2, 0.25) is 0 Å². The number of aromatic nitrogens is 1. The van der Waals surface area contributed by atoms with Crippen molar-refractivity contribution in [3.8, 4) is 5.75 Å². The zero-order chi connectivity index (χ0) is 15.0. The number of nitrogens with zero attached hydrogens (tertiary/aromatic N) is 1. The quantitative estimate of drug-likeness (QED) is 0.917.